The molecular formula is C22H24N4O3. The number of benzene rings is 1. The van der Waals surface area contributed by atoms with E-state index in [0.29, 0.717) is 44.1 Å². The van der Waals surface area contributed by atoms with E-state index in [1.165, 1.54) is 5.56 Å². The molecule has 4 rings (SSSR count). The van der Waals surface area contributed by atoms with Crippen LogP contribution in [0, 0.1) is 6.92 Å². The molecule has 7 nitrogen and oxygen atoms in total. The van der Waals surface area contributed by atoms with Crippen LogP contribution in [0.4, 0.5) is 0 Å². The second kappa shape index (κ2) is 8.03. The molecule has 0 spiro atoms. The molecule has 0 atom stereocenters. The van der Waals surface area contributed by atoms with E-state index in [-0.39, 0.29) is 11.5 Å². The van der Waals surface area contributed by atoms with Crippen LogP contribution in [-0.4, -0.2) is 32.1 Å². The van der Waals surface area contributed by atoms with Crippen molar-refractivity contribution >= 4 is 5.91 Å². The number of fused-ring (bicyclic) bond motifs is 1. The number of amides is 1. The van der Waals surface area contributed by atoms with Crippen molar-refractivity contribution in [1.29, 1.82) is 0 Å². The maximum Gasteiger partial charge on any atom is 0.250 e. The van der Waals surface area contributed by atoms with E-state index in [2.05, 4.69) is 10.1 Å². The molecule has 1 amide bonds. The van der Waals surface area contributed by atoms with Crippen molar-refractivity contribution in [2.75, 3.05) is 6.54 Å². The molecule has 0 radical (unpaired) electrons. The number of hydrogen-bond donors (Lipinski definition) is 0. The zero-order valence-corrected chi connectivity index (χ0v) is 16.7. The summed E-state index contributed by atoms with van der Waals surface area (Å²) in [6, 6.07) is 9.64. The molecule has 7 heteroatoms. The average molecular weight is 392 g/mol. The third-order valence-corrected chi connectivity index (χ3v) is 5.33. The second-order valence-electron chi connectivity index (χ2n) is 7.57. The Labute approximate surface area is 169 Å². The van der Waals surface area contributed by atoms with Gasteiger partial charge in [0.1, 0.15) is 0 Å². The van der Waals surface area contributed by atoms with Crippen LogP contribution < -0.4 is 5.56 Å². The van der Waals surface area contributed by atoms with Gasteiger partial charge in [0.25, 0.3) is 5.56 Å². The number of carbonyl (C=O) groups excluding carboxylic acids is 1. The molecule has 3 heterocycles. The van der Waals surface area contributed by atoms with E-state index in [1.54, 1.807) is 17.7 Å². The van der Waals surface area contributed by atoms with Gasteiger partial charge in [-0.15, -0.1) is 0 Å². The van der Waals surface area contributed by atoms with Crippen LogP contribution in [0.25, 0.3) is 11.4 Å². The fraction of sp³-hybridized carbons (Fsp3) is 0.364. The predicted molar refractivity (Wildman–Crippen MR) is 108 cm³/mol. The van der Waals surface area contributed by atoms with Crippen LogP contribution in [0.15, 0.2) is 45.8 Å². The molecule has 0 unspecified atom stereocenters. The van der Waals surface area contributed by atoms with Gasteiger partial charge in [-0.25, -0.2) is 0 Å². The predicted octanol–water partition coefficient (Wildman–Crippen LogP) is 2.65. The Morgan fingerprint density at radius 3 is 2.79 bits per heavy atom. The van der Waals surface area contributed by atoms with Gasteiger partial charge in [-0.3, -0.25) is 9.59 Å². The van der Waals surface area contributed by atoms with Crippen LogP contribution >= 0.6 is 0 Å². The molecule has 0 bridgehead atoms. The maximum absolute atomic E-state index is 12.6. The standard InChI is InChI=1S/C22H24N4O3/c1-15-6-8-16(9-7-15)22-23-19(29-24-22)4-3-5-20(27)26-11-10-17-12-21(28)25(2)13-18(17)14-26/h6-9,12-13H,3-5,10-11,14H2,1-2H3. The third kappa shape index (κ3) is 4.29. The molecular weight excluding hydrogens is 368 g/mol. The fourth-order valence-corrected chi connectivity index (χ4v) is 3.58. The number of hydrogen-bond acceptors (Lipinski definition) is 5. The molecule has 1 aliphatic heterocycles. The van der Waals surface area contributed by atoms with Crippen molar-refractivity contribution in [2.24, 2.45) is 7.05 Å². The zero-order chi connectivity index (χ0) is 20.4. The first kappa shape index (κ1) is 19.1. The first-order valence-electron chi connectivity index (χ1n) is 9.85. The lowest BCUT2D eigenvalue weighted by molar-refractivity contribution is -0.132. The van der Waals surface area contributed by atoms with Crippen LogP contribution in [0.3, 0.4) is 0 Å². The molecule has 0 saturated carbocycles. The molecule has 0 fully saturated rings. The van der Waals surface area contributed by atoms with Crippen LogP contribution in [0.1, 0.15) is 35.4 Å². The minimum atomic E-state index is -0.00640. The average Bonchev–Trinajstić information content (AvgIpc) is 3.18. The highest BCUT2D eigenvalue weighted by Gasteiger charge is 2.21. The van der Waals surface area contributed by atoms with E-state index in [4.69, 9.17) is 4.52 Å². The Morgan fingerprint density at radius 1 is 1.21 bits per heavy atom. The minimum absolute atomic E-state index is 0.00640. The Balaban J connectivity index is 1.31. The number of aromatic nitrogens is 3. The van der Waals surface area contributed by atoms with Gasteiger partial charge >= 0.3 is 0 Å². The van der Waals surface area contributed by atoms with Gasteiger partial charge in [0.05, 0.1) is 0 Å². The van der Waals surface area contributed by atoms with Gasteiger partial charge in [0.15, 0.2) is 0 Å². The quantitative estimate of drug-likeness (QED) is 0.667. The number of aryl methyl sites for hydroxylation is 3. The first-order chi connectivity index (χ1) is 14.0. The van der Waals surface area contributed by atoms with Crippen molar-refractivity contribution in [2.45, 2.75) is 39.2 Å². The second-order valence-corrected chi connectivity index (χ2v) is 7.57. The molecule has 29 heavy (non-hydrogen) atoms. The molecule has 2 aromatic heterocycles. The van der Waals surface area contributed by atoms with Crippen LogP contribution in [0.2, 0.25) is 0 Å². The van der Waals surface area contributed by atoms with Gasteiger partial charge < -0.3 is 14.0 Å². The highest BCUT2D eigenvalue weighted by atomic mass is 16.5. The molecule has 1 aromatic carbocycles. The van der Waals surface area contributed by atoms with E-state index < -0.39 is 0 Å². The van der Waals surface area contributed by atoms with Gasteiger partial charge in [-0.05, 0) is 30.9 Å². The SMILES string of the molecule is Cc1ccc(-c2noc(CCCC(=O)N3CCc4cc(=O)n(C)cc4C3)n2)cc1. The molecule has 0 N–H and O–H groups in total. The number of nitrogens with zero attached hydrogens (tertiary/aromatic N) is 4. The number of rotatable bonds is 5. The van der Waals surface area contributed by atoms with Crippen molar-refractivity contribution in [3.05, 3.63) is 69.5 Å². The topological polar surface area (TPSA) is 81.2 Å². The van der Waals surface area contributed by atoms with Gasteiger partial charge in [-0.2, -0.15) is 4.98 Å². The lowest BCUT2D eigenvalue weighted by atomic mass is 10.0. The van der Waals surface area contributed by atoms with E-state index in [1.807, 2.05) is 42.3 Å². The Morgan fingerprint density at radius 2 is 2.00 bits per heavy atom. The monoisotopic (exact) mass is 392 g/mol. The summed E-state index contributed by atoms with van der Waals surface area (Å²) in [5, 5.41) is 4.03. The summed E-state index contributed by atoms with van der Waals surface area (Å²) in [5.74, 6) is 1.24. The Bertz CT molecular complexity index is 1080. The summed E-state index contributed by atoms with van der Waals surface area (Å²) in [7, 11) is 1.73. The Hall–Kier alpha value is -3.22. The lowest BCUT2D eigenvalue weighted by Crippen LogP contribution is -2.37. The molecule has 3 aromatic rings. The number of carbonyl (C=O) groups is 1. The summed E-state index contributed by atoms with van der Waals surface area (Å²) in [5.41, 5.74) is 4.19. The van der Waals surface area contributed by atoms with E-state index >= 15 is 0 Å². The molecule has 0 aliphatic carbocycles. The summed E-state index contributed by atoms with van der Waals surface area (Å²) >= 11 is 0. The van der Waals surface area contributed by atoms with Gasteiger partial charge in [0, 0.05) is 50.8 Å². The lowest BCUT2D eigenvalue weighted by Gasteiger charge is -2.29. The van der Waals surface area contributed by atoms with Crippen molar-refractivity contribution in [1.82, 2.24) is 19.6 Å². The molecule has 1 aliphatic rings. The largest absolute Gasteiger partial charge is 0.339 e. The minimum Gasteiger partial charge on any atom is -0.339 e. The fourth-order valence-electron chi connectivity index (χ4n) is 3.58. The van der Waals surface area contributed by atoms with E-state index in [0.717, 1.165) is 23.1 Å². The van der Waals surface area contributed by atoms with Crippen molar-refractivity contribution in [3.8, 4) is 11.4 Å². The maximum atomic E-state index is 12.6. The first-order valence-corrected chi connectivity index (χ1v) is 9.85. The molecule has 0 saturated heterocycles. The number of pyridine rings is 1. The zero-order valence-electron chi connectivity index (χ0n) is 16.7. The highest BCUT2D eigenvalue weighted by Crippen LogP contribution is 2.19. The Kier molecular flexibility index (Phi) is 5.29. The van der Waals surface area contributed by atoms with Crippen LogP contribution in [-0.2, 0) is 31.2 Å². The van der Waals surface area contributed by atoms with E-state index in [9.17, 15) is 9.59 Å². The van der Waals surface area contributed by atoms with Crippen molar-refractivity contribution < 1.29 is 9.32 Å². The third-order valence-electron chi connectivity index (χ3n) is 5.33. The molecule has 150 valence electrons. The van der Waals surface area contributed by atoms with Crippen LogP contribution in [0.5, 0.6) is 0 Å². The van der Waals surface area contributed by atoms with Crippen molar-refractivity contribution in [3.63, 3.8) is 0 Å². The highest BCUT2D eigenvalue weighted by molar-refractivity contribution is 5.76. The van der Waals surface area contributed by atoms with Gasteiger partial charge in [-0.1, -0.05) is 35.0 Å². The summed E-state index contributed by atoms with van der Waals surface area (Å²) < 4.78 is 6.89. The summed E-state index contributed by atoms with van der Waals surface area (Å²) in [6.07, 6.45) is 4.22. The summed E-state index contributed by atoms with van der Waals surface area (Å²) in [4.78, 5) is 30.6. The normalized spacial score (nSPS) is 13.4. The van der Waals surface area contributed by atoms with Gasteiger partial charge in [0.2, 0.25) is 17.6 Å². The summed E-state index contributed by atoms with van der Waals surface area (Å²) in [6.45, 7) is 3.24. The smallest absolute Gasteiger partial charge is 0.250 e.